The SMILES string of the molecule is COc1ccc(CN[C@@H](C)C2(O)CC2)cc1. The molecule has 1 aromatic carbocycles. The molecule has 0 unspecified atom stereocenters. The Morgan fingerprint density at radius 3 is 2.50 bits per heavy atom. The van der Waals surface area contributed by atoms with E-state index in [0.29, 0.717) is 0 Å². The summed E-state index contributed by atoms with van der Waals surface area (Å²) < 4.78 is 5.10. The average molecular weight is 221 g/mol. The summed E-state index contributed by atoms with van der Waals surface area (Å²) in [6.07, 6.45) is 1.84. The molecule has 1 aliphatic rings. The average Bonchev–Trinajstić information content (AvgIpc) is 3.06. The van der Waals surface area contributed by atoms with Crippen molar-refractivity contribution in [2.24, 2.45) is 0 Å². The van der Waals surface area contributed by atoms with Crippen molar-refractivity contribution in [2.45, 2.75) is 38.0 Å². The fourth-order valence-electron chi connectivity index (χ4n) is 1.77. The summed E-state index contributed by atoms with van der Waals surface area (Å²) >= 11 is 0. The predicted molar refractivity (Wildman–Crippen MR) is 63.5 cm³/mol. The Morgan fingerprint density at radius 1 is 1.38 bits per heavy atom. The molecule has 3 nitrogen and oxygen atoms in total. The Bertz CT molecular complexity index is 343. The Morgan fingerprint density at radius 2 is 2.00 bits per heavy atom. The van der Waals surface area contributed by atoms with E-state index in [0.717, 1.165) is 25.1 Å². The largest absolute Gasteiger partial charge is 0.497 e. The molecule has 1 atom stereocenters. The third-order valence-corrected chi connectivity index (χ3v) is 3.34. The molecule has 0 amide bonds. The summed E-state index contributed by atoms with van der Waals surface area (Å²) in [4.78, 5) is 0. The fourth-order valence-corrected chi connectivity index (χ4v) is 1.77. The van der Waals surface area contributed by atoms with Crippen molar-refractivity contribution >= 4 is 0 Å². The van der Waals surface area contributed by atoms with Crippen LogP contribution in [0.2, 0.25) is 0 Å². The van der Waals surface area contributed by atoms with Crippen molar-refractivity contribution in [2.75, 3.05) is 7.11 Å². The molecule has 2 rings (SSSR count). The number of ether oxygens (including phenoxy) is 1. The third kappa shape index (κ3) is 2.54. The Kier molecular flexibility index (Phi) is 3.17. The molecule has 1 fully saturated rings. The lowest BCUT2D eigenvalue weighted by molar-refractivity contribution is 0.109. The van der Waals surface area contributed by atoms with Crippen molar-refractivity contribution < 1.29 is 9.84 Å². The van der Waals surface area contributed by atoms with E-state index in [4.69, 9.17) is 4.74 Å². The van der Waals surface area contributed by atoms with Crippen LogP contribution in [-0.4, -0.2) is 23.9 Å². The van der Waals surface area contributed by atoms with E-state index >= 15 is 0 Å². The lowest BCUT2D eigenvalue weighted by atomic mass is 10.1. The lowest BCUT2D eigenvalue weighted by Gasteiger charge is -2.19. The minimum Gasteiger partial charge on any atom is -0.497 e. The molecule has 16 heavy (non-hydrogen) atoms. The predicted octanol–water partition coefficient (Wildman–Crippen LogP) is 1.70. The second-order valence-corrected chi connectivity index (χ2v) is 4.55. The molecule has 0 aliphatic heterocycles. The summed E-state index contributed by atoms with van der Waals surface area (Å²) in [5, 5.41) is 13.2. The third-order valence-electron chi connectivity index (χ3n) is 3.34. The van der Waals surface area contributed by atoms with Gasteiger partial charge >= 0.3 is 0 Å². The van der Waals surface area contributed by atoms with Gasteiger partial charge in [-0.25, -0.2) is 0 Å². The number of aliphatic hydroxyl groups is 1. The first-order chi connectivity index (χ1) is 7.64. The summed E-state index contributed by atoms with van der Waals surface area (Å²) in [5.74, 6) is 0.873. The Hall–Kier alpha value is -1.06. The topological polar surface area (TPSA) is 41.5 Å². The maximum absolute atomic E-state index is 9.87. The van der Waals surface area contributed by atoms with Crippen LogP contribution in [0.1, 0.15) is 25.3 Å². The van der Waals surface area contributed by atoms with E-state index in [1.807, 2.05) is 31.2 Å². The number of nitrogens with one attached hydrogen (secondary N) is 1. The smallest absolute Gasteiger partial charge is 0.118 e. The van der Waals surface area contributed by atoms with Gasteiger partial charge in [0, 0.05) is 12.6 Å². The standard InChI is InChI=1S/C13H19NO2/c1-10(13(15)7-8-13)14-9-11-3-5-12(16-2)6-4-11/h3-6,10,14-15H,7-9H2,1-2H3/t10-/m0/s1. The first kappa shape index (κ1) is 11.4. The molecule has 2 N–H and O–H groups in total. The van der Waals surface area contributed by atoms with Gasteiger partial charge in [0.25, 0.3) is 0 Å². The monoisotopic (exact) mass is 221 g/mol. The Balaban J connectivity index is 1.84. The first-order valence-electron chi connectivity index (χ1n) is 5.73. The minimum atomic E-state index is -0.452. The van der Waals surface area contributed by atoms with E-state index in [-0.39, 0.29) is 6.04 Å². The van der Waals surface area contributed by atoms with E-state index in [1.165, 1.54) is 5.56 Å². The number of hydrogen-bond donors (Lipinski definition) is 2. The summed E-state index contributed by atoms with van der Waals surface area (Å²) in [5.41, 5.74) is 0.754. The van der Waals surface area contributed by atoms with Crippen LogP contribution in [0.15, 0.2) is 24.3 Å². The number of hydrogen-bond acceptors (Lipinski definition) is 3. The van der Waals surface area contributed by atoms with Gasteiger partial charge in [0.2, 0.25) is 0 Å². The molecule has 0 saturated heterocycles. The maximum Gasteiger partial charge on any atom is 0.118 e. The highest BCUT2D eigenvalue weighted by atomic mass is 16.5. The number of benzene rings is 1. The van der Waals surface area contributed by atoms with Crippen molar-refractivity contribution in [1.29, 1.82) is 0 Å². The molecule has 1 saturated carbocycles. The van der Waals surface area contributed by atoms with E-state index in [9.17, 15) is 5.11 Å². The molecule has 1 aliphatic carbocycles. The van der Waals surface area contributed by atoms with Gasteiger partial charge < -0.3 is 15.2 Å². The van der Waals surface area contributed by atoms with Crippen molar-refractivity contribution in [1.82, 2.24) is 5.32 Å². The highest BCUT2D eigenvalue weighted by molar-refractivity contribution is 5.27. The zero-order chi connectivity index (χ0) is 11.6. The quantitative estimate of drug-likeness (QED) is 0.795. The van der Waals surface area contributed by atoms with Gasteiger partial charge in [0.15, 0.2) is 0 Å². The molecule has 0 spiro atoms. The summed E-state index contributed by atoms with van der Waals surface area (Å²) in [6.45, 7) is 2.82. The second-order valence-electron chi connectivity index (χ2n) is 4.55. The van der Waals surface area contributed by atoms with Crippen molar-refractivity contribution in [3.05, 3.63) is 29.8 Å². The van der Waals surface area contributed by atoms with Crippen molar-refractivity contribution in [3.63, 3.8) is 0 Å². The molecular weight excluding hydrogens is 202 g/mol. The van der Waals surface area contributed by atoms with E-state index in [2.05, 4.69) is 5.32 Å². The summed E-state index contributed by atoms with van der Waals surface area (Å²) in [6, 6.07) is 8.14. The van der Waals surface area contributed by atoms with Crippen LogP contribution >= 0.6 is 0 Å². The zero-order valence-corrected chi connectivity index (χ0v) is 9.86. The highest BCUT2D eigenvalue weighted by Gasteiger charge is 2.45. The van der Waals surface area contributed by atoms with E-state index < -0.39 is 5.60 Å². The van der Waals surface area contributed by atoms with Crippen LogP contribution in [0.25, 0.3) is 0 Å². The van der Waals surface area contributed by atoms with Gasteiger partial charge in [-0.15, -0.1) is 0 Å². The van der Waals surface area contributed by atoms with Gasteiger partial charge in [-0.3, -0.25) is 0 Å². The molecule has 0 radical (unpaired) electrons. The molecule has 3 heteroatoms. The van der Waals surface area contributed by atoms with Gasteiger partial charge in [0.05, 0.1) is 12.7 Å². The van der Waals surface area contributed by atoms with Crippen molar-refractivity contribution in [3.8, 4) is 5.75 Å². The van der Waals surface area contributed by atoms with E-state index in [1.54, 1.807) is 7.11 Å². The van der Waals surface area contributed by atoms with Gasteiger partial charge in [-0.05, 0) is 37.5 Å². The fraction of sp³-hybridized carbons (Fsp3) is 0.538. The van der Waals surface area contributed by atoms with Crippen LogP contribution < -0.4 is 10.1 Å². The minimum absolute atomic E-state index is 0.162. The molecule has 0 bridgehead atoms. The molecular formula is C13H19NO2. The van der Waals surface area contributed by atoms with Gasteiger partial charge in [0.1, 0.15) is 5.75 Å². The number of rotatable bonds is 5. The molecule has 0 heterocycles. The normalized spacial score (nSPS) is 19.2. The lowest BCUT2D eigenvalue weighted by Crippen LogP contribution is -2.38. The molecule has 0 aromatic heterocycles. The van der Waals surface area contributed by atoms with Gasteiger partial charge in [-0.1, -0.05) is 12.1 Å². The van der Waals surface area contributed by atoms with Crippen LogP contribution in [0.3, 0.4) is 0 Å². The highest BCUT2D eigenvalue weighted by Crippen LogP contribution is 2.38. The van der Waals surface area contributed by atoms with Gasteiger partial charge in [-0.2, -0.15) is 0 Å². The summed E-state index contributed by atoms with van der Waals surface area (Å²) in [7, 11) is 1.66. The maximum atomic E-state index is 9.87. The second kappa shape index (κ2) is 4.44. The Labute approximate surface area is 96.4 Å². The molecule has 88 valence electrons. The molecule has 1 aromatic rings. The number of methoxy groups -OCH3 is 1. The van der Waals surface area contributed by atoms with Crippen LogP contribution in [-0.2, 0) is 6.54 Å². The van der Waals surface area contributed by atoms with Crippen LogP contribution in [0.4, 0.5) is 0 Å². The van der Waals surface area contributed by atoms with Crippen LogP contribution in [0.5, 0.6) is 5.75 Å². The zero-order valence-electron chi connectivity index (χ0n) is 9.86. The first-order valence-corrected chi connectivity index (χ1v) is 5.73. The van der Waals surface area contributed by atoms with Crippen LogP contribution in [0, 0.1) is 0 Å².